The van der Waals surface area contributed by atoms with Crippen LogP contribution < -0.4 is 5.32 Å². The summed E-state index contributed by atoms with van der Waals surface area (Å²) in [5, 5.41) is 6.89. The molecule has 0 aliphatic heterocycles. The van der Waals surface area contributed by atoms with Crippen LogP contribution >= 0.6 is 0 Å². The van der Waals surface area contributed by atoms with Gasteiger partial charge in [-0.15, -0.1) is 0 Å². The summed E-state index contributed by atoms with van der Waals surface area (Å²) in [7, 11) is 0. The van der Waals surface area contributed by atoms with Gasteiger partial charge in [-0.25, -0.2) is 0 Å². The quantitative estimate of drug-likeness (QED) is 0.866. The van der Waals surface area contributed by atoms with Gasteiger partial charge in [0, 0.05) is 12.2 Å². The zero-order valence-corrected chi connectivity index (χ0v) is 9.67. The maximum absolute atomic E-state index is 12.3. The molecule has 0 bridgehead atoms. The highest BCUT2D eigenvalue weighted by Crippen LogP contribution is 2.28. The number of alkyl halides is 3. The molecule has 96 valence electrons. The zero-order chi connectivity index (χ0) is 12.5. The van der Waals surface area contributed by atoms with Crippen molar-refractivity contribution in [1.29, 1.82) is 0 Å². The van der Waals surface area contributed by atoms with Crippen LogP contribution in [0, 0.1) is 0 Å². The average molecular weight is 247 g/mol. The standard InChI is InChI=1S/C11H16F3N3/c1-8(4-6-15-9-2-3-9)17-7-5-10(16-17)11(12,13)14/h5,7-9,15H,2-4,6H2,1H3. The fourth-order valence-corrected chi connectivity index (χ4v) is 1.65. The molecule has 0 spiro atoms. The van der Waals surface area contributed by atoms with Crippen molar-refractivity contribution in [1.82, 2.24) is 15.1 Å². The minimum absolute atomic E-state index is 0.0163. The van der Waals surface area contributed by atoms with Gasteiger partial charge in [-0.2, -0.15) is 18.3 Å². The Labute approximate surface area is 98.0 Å². The molecule has 1 aromatic heterocycles. The van der Waals surface area contributed by atoms with Gasteiger partial charge in [0.1, 0.15) is 0 Å². The smallest absolute Gasteiger partial charge is 0.314 e. The molecule has 2 rings (SSSR count). The largest absolute Gasteiger partial charge is 0.435 e. The Morgan fingerprint density at radius 1 is 1.53 bits per heavy atom. The molecule has 1 atom stereocenters. The summed E-state index contributed by atoms with van der Waals surface area (Å²) in [6.07, 6.45) is 0.264. The molecular weight excluding hydrogens is 231 g/mol. The Hall–Kier alpha value is -1.04. The molecule has 6 heteroatoms. The lowest BCUT2D eigenvalue weighted by atomic mass is 10.2. The van der Waals surface area contributed by atoms with Crippen LogP contribution in [0.15, 0.2) is 12.3 Å². The summed E-state index contributed by atoms with van der Waals surface area (Å²) in [5.41, 5.74) is -0.820. The van der Waals surface area contributed by atoms with Crippen LogP contribution in [0.4, 0.5) is 13.2 Å². The average Bonchev–Trinajstić information content (AvgIpc) is 2.91. The minimum Gasteiger partial charge on any atom is -0.314 e. The van der Waals surface area contributed by atoms with Crippen LogP contribution in [0.3, 0.4) is 0 Å². The number of aromatic nitrogens is 2. The van der Waals surface area contributed by atoms with Gasteiger partial charge in [0.15, 0.2) is 5.69 Å². The van der Waals surface area contributed by atoms with Crippen LogP contribution in [0.5, 0.6) is 0 Å². The van der Waals surface area contributed by atoms with Gasteiger partial charge in [-0.3, -0.25) is 4.68 Å². The van der Waals surface area contributed by atoms with Crippen LogP contribution in [0.1, 0.15) is 37.9 Å². The van der Waals surface area contributed by atoms with Crippen molar-refractivity contribution < 1.29 is 13.2 Å². The number of halogens is 3. The van der Waals surface area contributed by atoms with Gasteiger partial charge in [0.2, 0.25) is 0 Å². The normalized spacial score (nSPS) is 18.4. The molecule has 0 amide bonds. The molecule has 3 nitrogen and oxygen atoms in total. The van der Waals surface area contributed by atoms with Crippen molar-refractivity contribution >= 4 is 0 Å². The predicted octanol–water partition coefficient (Wildman–Crippen LogP) is 2.61. The minimum atomic E-state index is -4.35. The lowest BCUT2D eigenvalue weighted by Gasteiger charge is -2.12. The van der Waals surface area contributed by atoms with Gasteiger partial charge >= 0.3 is 6.18 Å². The summed E-state index contributed by atoms with van der Waals surface area (Å²) >= 11 is 0. The Morgan fingerprint density at radius 2 is 2.24 bits per heavy atom. The highest BCUT2D eigenvalue weighted by atomic mass is 19.4. The first-order valence-electron chi connectivity index (χ1n) is 5.82. The fraction of sp³-hybridized carbons (Fsp3) is 0.727. The monoisotopic (exact) mass is 247 g/mol. The van der Waals surface area contributed by atoms with E-state index in [-0.39, 0.29) is 6.04 Å². The topological polar surface area (TPSA) is 29.9 Å². The van der Waals surface area contributed by atoms with E-state index in [0.717, 1.165) is 19.0 Å². The lowest BCUT2D eigenvalue weighted by Crippen LogP contribution is -2.21. The van der Waals surface area contributed by atoms with Crippen LogP contribution in [0.25, 0.3) is 0 Å². The molecule has 1 aliphatic carbocycles. The Kier molecular flexibility index (Phi) is 3.42. The van der Waals surface area contributed by atoms with Gasteiger partial charge in [0.05, 0.1) is 6.04 Å². The van der Waals surface area contributed by atoms with E-state index in [0.29, 0.717) is 6.04 Å². The van der Waals surface area contributed by atoms with E-state index in [1.807, 2.05) is 6.92 Å². The number of nitrogens with one attached hydrogen (secondary N) is 1. The molecule has 1 N–H and O–H groups in total. The first-order chi connectivity index (χ1) is 7.97. The van der Waals surface area contributed by atoms with E-state index in [4.69, 9.17) is 0 Å². The van der Waals surface area contributed by atoms with E-state index in [2.05, 4.69) is 10.4 Å². The van der Waals surface area contributed by atoms with E-state index in [1.54, 1.807) is 0 Å². The van der Waals surface area contributed by atoms with Crippen molar-refractivity contribution in [3.8, 4) is 0 Å². The summed E-state index contributed by atoms with van der Waals surface area (Å²) in [5.74, 6) is 0. The van der Waals surface area contributed by atoms with Gasteiger partial charge < -0.3 is 5.32 Å². The first kappa shape index (κ1) is 12.4. The Morgan fingerprint density at radius 3 is 2.76 bits per heavy atom. The summed E-state index contributed by atoms with van der Waals surface area (Å²) in [4.78, 5) is 0. The third-order valence-electron chi connectivity index (χ3n) is 2.92. The molecule has 1 aromatic rings. The van der Waals surface area contributed by atoms with Crippen LogP contribution in [-0.2, 0) is 6.18 Å². The van der Waals surface area contributed by atoms with Crippen molar-refractivity contribution in [2.45, 2.75) is 44.4 Å². The first-order valence-corrected chi connectivity index (χ1v) is 5.82. The highest BCUT2D eigenvalue weighted by molar-refractivity contribution is 5.03. The number of nitrogens with zero attached hydrogens (tertiary/aromatic N) is 2. The molecule has 0 radical (unpaired) electrons. The van der Waals surface area contributed by atoms with E-state index in [1.165, 1.54) is 23.7 Å². The molecule has 1 saturated carbocycles. The second kappa shape index (κ2) is 4.68. The van der Waals surface area contributed by atoms with E-state index in [9.17, 15) is 13.2 Å². The molecule has 17 heavy (non-hydrogen) atoms. The third-order valence-corrected chi connectivity index (χ3v) is 2.92. The number of hydrogen-bond acceptors (Lipinski definition) is 2. The second-order valence-electron chi connectivity index (χ2n) is 4.54. The third kappa shape index (κ3) is 3.46. The summed E-state index contributed by atoms with van der Waals surface area (Å²) < 4.78 is 38.4. The maximum atomic E-state index is 12.3. The number of rotatable bonds is 5. The molecule has 0 aromatic carbocycles. The van der Waals surface area contributed by atoms with Crippen molar-refractivity contribution in [2.75, 3.05) is 6.54 Å². The SMILES string of the molecule is CC(CCNC1CC1)n1ccc(C(F)(F)F)n1. The van der Waals surface area contributed by atoms with Crippen LogP contribution in [0.2, 0.25) is 0 Å². The van der Waals surface area contributed by atoms with Crippen molar-refractivity contribution in [3.05, 3.63) is 18.0 Å². The lowest BCUT2D eigenvalue weighted by molar-refractivity contribution is -0.141. The van der Waals surface area contributed by atoms with Crippen LogP contribution in [-0.4, -0.2) is 22.4 Å². The molecule has 1 heterocycles. The maximum Gasteiger partial charge on any atom is 0.435 e. The zero-order valence-electron chi connectivity index (χ0n) is 9.67. The summed E-state index contributed by atoms with van der Waals surface area (Å²) in [6.45, 7) is 2.70. The summed E-state index contributed by atoms with van der Waals surface area (Å²) in [6, 6.07) is 1.63. The molecule has 1 aliphatic rings. The molecule has 1 fully saturated rings. The van der Waals surface area contributed by atoms with Crippen molar-refractivity contribution in [3.63, 3.8) is 0 Å². The van der Waals surface area contributed by atoms with Gasteiger partial charge in [-0.05, 0) is 38.8 Å². The Bertz CT molecular complexity index is 368. The predicted molar refractivity (Wildman–Crippen MR) is 57.6 cm³/mol. The van der Waals surface area contributed by atoms with E-state index < -0.39 is 11.9 Å². The Balaban J connectivity index is 1.85. The molecule has 1 unspecified atom stereocenters. The fourth-order valence-electron chi connectivity index (χ4n) is 1.65. The van der Waals surface area contributed by atoms with Crippen molar-refractivity contribution in [2.24, 2.45) is 0 Å². The van der Waals surface area contributed by atoms with Gasteiger partial charge in [0.25, 0.3) is 0 Å². The molecular formula is C11H16F3N3. The van der Waals surface area contributed by atoms with E-state index >= 15 is 0 Å². The number of hydrogen-bond donors (Lipinski definition) is 1. The highest BCUT2D eigenvalue weighted by Gasteiger charge is 2.33. The second-order valence-corrected chi connectivity index (χ2v) is 4.54. The van der Waals surface area contributed by atoms with Gasteiger partial charge in [-0.1, -0.05) is 0 Å². The molecule has 0 saturated heterocycles.